The molecular formula is C25H25N3O4S2. The van der Waals surface area contributed by atoms with E-state index in [9.17, 15) is 14.4 Å². The molecule has 0 aromatic heterocycles. The summed E-state index contributed by atoms with van der Waals surface area (Å²) in [5, 5.41) is 0. The van der Waals surface area contributed by atoms with E-state index >= 15 is 0 Å². The summed E-state index contributed by atoms with van der Waals surface area (Å²) < 4.78 is 5.15. The molecule has 4 rings (SSSR count). The molecule has 0 spiro atoms. The molecule has 9 heteroatoms. The number of thioether (sulfide) groups is 1. The molecule has 2 amide bonds. The van der Waals surface area contributed by atoms with Crippen LogP contribution in [0.5, 0.6) is 0 Å². The van der Waals surface area contributed by atoms with Crippen LogP contribution in [0.3, 0.4) is 0 Å². The average Bonchev–Trinajstić information content (AvgIpc) is 3.14. The van der Waals surface area contributed by atoms with Gasteiger partial charge in [-0.1, -0.05) is 54.3 Å². The van der Waals surface area contributed by atoms with Crippen LogP contribution in [0.15, 0.2) is 59.5 Å². The Morgan fingerprint density at radius 3 is 2.35 bits per heavy atom. The van der Waals surface area contributed by atoms with Gasteiger partial charge in [-0.2, -0.15) is 0 Å². The van der Waals surface area contributed by atoms with Crippen LogP contribution in [-0.2, 0) is 14.3 Å². The highest BCUT2D eigenvalue weighted by atomic mass is 32.2. The molecule has 2 saturated heterocycles. The Kier molecular flexibility index (Phi) is 7.64. The van der Waals surface area contributed by atoms with Crippen molar-refractivity contribution in [2.45, 2.75) is 6.42 Å². The van der Waals surface area contributed by atoms with Gasteiger partial charge in [-0.25, -0.2) is 4.79 Å². The third-order valence-corrected chi connectivity index (χ3v) is 7.18. The monoisotopic (exact) mass is 495 g/mol. The number of para-hydroxylation sites is 1. The standard InChI is InChI=1S/C25H25N3O4S2/c1-32-24(31)19-9-7-18(8-10-19)17-21-23(30)28(25(33)34-21)12-11-22(29)27-15-13-26(14-16-27)20-5-3-2-4-6-20/h2-10,17H,11-16H2,1H3. The van der Waals surface area contributed by atoms with E-state index in [1.54, 1.807) is 30.3 Å². The van der Waals surface area contributed by atoms with Crippen LogP contribution < -0.4 is 4.90 Å². The molecule has 34 heavy (non-hydrogen) atoms. The van der Waals surface area contributed by atoms with Crippen molar-refractivity contribution >= 4 is 57.8 Å². The number of esters is 1. The lowest BCUT2D eigenvalue weighted by atomic mass is 10.1. The lowest BCUT2D eigenvalue weighted by Crippen LogP contribution is -2.49. The first-order valence-corrected chi connectivity index (χ1v) is 12.2. The fourth-order valence-electron chi connectivity index (χ4n) is 3.90. The van der Waals surface area contributed by atoms with Gasteiger partial charge >= 0.3 is 5.97 Å². The van der Waals surface area contributed by atoms with Crippen LogP contribution in [0.1, 0.15) is 22.3 Å². The summed E-state index contributed by atoms with van der Waals surface area (Å²) >= 11 is 6.62. The van der Waals surface area contributed by atoms with Crippen molar-refractivity contribution in [3.8, 4) is 0 Å². The van der Waals surface area contributed by atoms with Gasteiger partial charge in [0, 0.05) is 44.8 Å². The maximum atomic E-state index is 12.9. The van der Waals surface area contributed by atoms with Crippen molar-refractivity contribution in [2.75, 3.05) is 44.7 Å². The Balaban J connectivity index is 1.30. The lowest BCUT2D eigenvalue weighted by molar-refractivity contribution is -0.132. The zero-order valence-electron chi connectivity index (χ0n) is 18.8. The van der Waals surface area contributed by atoms with Crippen LogP contribution in [0.2, 0.25) is 0 Å². The fourth-order valence-corrected chi connectivity index (χ4v) is 5.20. The number of rotatable bonds is 6. The number of hydrogen-bond acceptors (Lipinski definition) is 7. The first-order valence-electron chi connectivity index (χ1n) is 11.0. The zero-order valence-corrected chi connectivity index (χ0v) is 20.4. The number of thiocarbonyl (C=S) groups is 1. The second-order valence-corrected chi connectivity index (χ2v) is 9.58. The van der Waals surface area contributed by atoms with E-state index in [4.69, 9.17) is 17.0 Å². The van der Waals surface area contributed by atoms with Crippen molar-refractivity contribution in [1.29, 1.82) is 0 Å². The Labute approximate surface area is 208 Å². The Hall–Kier alpha value is -3.17. The van der Waals surface area contributed by atoms with E-state index < -0.39 is 5.97 Å². The maximum absolute atomic E-state index is 12.9. The van der Waals surface area contributed by atoms with Crippen molar-refractivity contribution in [1.82, 2.24) is 9.80 Å². The molecule has 0 saturated carbocycles. The van der Waals surface area contributed by atoms with Gasteiger partial charge in [-0.05, 0) is 35.9 Å². The molecule has 2 heterocycles. The molecule has 0 N–H and O–H groups in total. The zero-order chi connectivity index (χ0) is 24.1. The Bertz CT molecular complexity index is 1110. The van der Waals surface area contributed by atoms with Crippen LogP contribution >= 0.6 is 24.0 Å². The number of piperazine rings is 1. The topological polar surface area (TPSA) is 70.2 Å². The molecule has 0 aliphatic carbocycles. The minimum atomic E-state index is -0.413. The third kappa shape index (κ3) is 5.48. The predicted molar refractivity (Wildman–Crippen MR) is 138 cm³/mol. The number of nitrogens with zero attached hydrogens (tertiary/aromatic N) is 3. The summed E-state index contributed by atoms with van der Waals surface area (Å²) in [4.78, 5) is 43.3. The maximum Gasteiger partial charge on any atom is 0.337 e. The van der Waals surface area contributed by atoms with Gasteiger partial charge < -0.3 is 14.5 Å². The first kappa shape index (κ1) is 24.0. The van der Waals surface area contributed by atoms with Crippen LogP contribution in [0.4, 0.5) is 5.69 Å². The number of methoxy groups -OCH3 is 1. The first-order chi connectivity index (χ1) is 16.5. The fraction of sp³-hybridized carbons (Fsp3) is 0.280. The molecule has 2 aromatic rings. The quantitative estimate of drug-likeness (QED) is 0.346. The Morgan fingerprint density at radius 1 is 1.03 bits per heavy atom. The molecule has 2 aliphatic rings. The number of carbonyl (C=O) groups is 3. The minimum Gasteiger partial charge on any atom is -0.465 e. The summed E-state index contributed by atoms with van der Waals surface area (Å²) in [6, 6.07) is 17.0. The van der Waals surface area contributed by atoms with E-state index in [0.717, 1.165) is 18.7 Å². The van der Waals surface area contributed by atoms with Crippen LogP contribution in [0.25, 0.3) is 6.08 Å². The molecule has 176 valence electrons. The van der Waals surface area contributed by atoms with Gasteiger partial charge in [-0.3, -0.25) is 14.5 Å². The largest absolute Gasteiger partial charge is 0.465 e. The number of carbonyl (C=O) groups excluding carboxylic acids is 3. The highest BCUT2D eigenvalue weighted by Crippen LogP contribution is 2.32. The number of benzene rings is 2. The third-order valence-electron chi connectivity index (χ3n) is 5.81. The van der Waals surface area contributed by atoms with Gasteiger partial charge in [-0.15, -0.1) is 0 Å². The van der Waals surface area contributed by atoms with Gasteiger partial charge in [0.15, 0.2) is 0 Å². The van der Waals surface area contributed by atoms with Crippen molar-refractivity contribution in [2.24, 2.45) is 0 Å². The SMILES string of the molecule is COC(=O)c1ccc(C=C2SC(=S)N(CCC(=O)N3CCN(c4ccccc4)CC3)C2=O)cc1. The molecular weight excluding hydrogens is 470 g/mol. The normalized spacial score (nSPS) is 17.4. The second-order valence-electron chi connectivity index (χ2n) is 7.90. The van der Waals surface area contributed by atoms with E-state index in [0.29, 0.717) is 27.9 Å². The minimum absolute atomic E-state index is 0.0316. The molecule has 2 aliphatic heterocycles. The smallest absolute Gasteiger partial charge is 0.337 e. The van der Waals surface area contributed by atoms with Crippen LogP contribution in [0, 0.1) is 0 Å². The number of anilines is 1. The molecule has 7 nitrogen and oxygen atoms in total. The van der Waals surface area contributed by atoms with E-state index in [1.165, 1.54) is 29.5 Å². The van der Waals surface area contributed by atoms with Gasteiger partial charge in [0.1, 0.15) is 4.32 Å². The molecule has 0 unspecified atom stereocenters. The summed E-state index contributed by atoms with van der Waals surface area (Å²) in [6.45, 7) is 3.16. The number of amides is 2. The Morgan fingerprint density at radius 2 is 1.71 bits per heavy atom. The molecule has 0 atom stereocenters. The number of ether oxygens (including phenoxy) is 1. The lowest BCUT2D eigenvalue weighted by Gasteiger charge is -2.36. The summed E-state index contributed by atoms with van der Waals surface area (Å²) in [7, 11) is 1.33. The van der Waals surface area contributed by atoms with E-state index in [2.05, 4.69) is 17.0 Å². The highest BCUT2D eigenvalue weighted by Gasteiger charge is 2.32. The van der Waals surface area contributed by atoms with Crippen LogP contribution in [-0.4, -0.2) is 71.7 Å². The predicted octanol–water partition coefficient (Wildman–Crippen LogP) is 3.41. The van der Waals surface area contributed by atoms with Gasteiger partial charge in [0.2, 0.25) is 5.91 Å². The van der Waals surface area contributed by atoms with E-state index in [-0.39, 0.29) is 24.8 Å². The summed E-state index contributed by atoms with van der Waals surface area (Å²) in [5.41, 5.74) is 2.38. The molecule has 2 fully saturated rings. The average molecular weight is 496 g/mol. The summed E-state index contributed by atoms with van der Waals surface area (Å²) in [6.07, 6.45) is 1.98. The van der Waals surface area contributed by atoms with Crippen molar-refractivity contribution in [3.63, 3.8) is 0 Å². The second kappa shape index (κ2) is 10.8. The molecule has 0 radical (unpaired) electrons. The van der Waals surface area contributed by atoms with Crippen molar-refractivity contribution < 1.29 is 19.1 Å². The summed E-state index contributed by atoms with van der Waals surface area (Å²) in [5.74, 6) is -0.582. The van der Waals surface area contributed by atoms with Gasteiger partial charge in [0.25, 0.3) is 5.91 Å². The molecule has 2 aromatic carbocycles. The molecule has 0 bridgehead atoms. The van der Waals surface area contributed by atoms with Crippen molar-refractivity contribution in [3.05, 3.63) is 70.6 Å². The van der Waals surface area contributed by atoms with Gasteiger partial charge in [0.05, 0.1) is 17.6 Å². The highest BCUT2D eigenvalue weighted by molar-refractivity contribution is 8.26. The number of hydrogen-bond donors (Lipinski definition) is 0. The van der Waals surface area contributed by atoms with E-state index in [1.807, 2.05) is 23.1 Å².